The fraction of sp³-hybridized carbons (Fsp3) is 0.368. The first-order valence-electron chi connectivity index (χ1n) is 8.95. The van der Waals surface area contributed by atoms with Crippen LogP contribution in [0.2, 0.25) is 0 Å². The molecule has 154 valence electrons. The second-order valence-electron chi connectivity index (χ2n) is 7.09. The van der Waals surface area contributed by atoms with E-state index in [9.17, 15) is 19.0 Å². The van der Waals surface area contributed by atoms with Crippen molar-refractivity contribution >= 4 is 11.6 Å². The maximum Gasteiger partial charge on any atom is 0.280 e. The molecule has 0 aliphatic rings. The van der Waals surface area contributed by atoms with Gasteiger partial charge in [0.05, 0.1) is 18.8 Å². The lowest BCUT2D eigenvalue weighted by atomic mass is 9.99. The zero-order valence-corrected chi connectivity index (χ0v) is 16.2. The Hall–Kier alpha value is -2.98. The minimum Gasteiger partial charge on any atom is -0.393 e. The molecule has 0 radical (unpaired) electrons. The number of hydrogen-bond donors (Lipinski definition) is 3. The Labute approximate surface area is 166 Å². The molecule has 3 N–H and O–H groups in total. The molecule has 2 aromatic heterocycles. The zero-order valence-electron chi connectivity index (χ0n) is 16.2. The number of anilines is 2. The summed E-state index contributed by atoms with van der Waals surface area (Å²) in [4.78, 5) is 7.78. The van der Waals surface area contributed by atoms with E-state index in [0.717, 1.165) is 17.2 Å². The Morgan fingerprint density at radius 3 is 2.72 bits per heavy atom. The van der Waals surface area contributed by atoms with E-state index in [0.29, 0.717) is 11.4 Å². The number of aliphatic hydroxyl groups excluding tert-OH is 1. The average molecular weight is 404 g/mol. The van der Waals surface area contributed by atoms with Crippen LogP contribution in [0.5, 0.6) is 0 Å². The Kier molecular flexibility index (Phi) is 5.85. The van der Waals surface area contributed by atoms with Gasteiger partial charge < -0.3 is 15.5 Å². The van der Waals surface area contributed by atoms with E-state index < -0.39 is 24.7 Å². The molecule has 0 spiro atoms. The molecule has 0 aliphatic heterocycles. The third-order valence-corrected chi connectivity index (χ3v) is 4.66. The quantitative estimate of drug-likeness (QED) is 0.555. The van der Waals surface area contributed by atoms with Crippen LogP contribution in [-0.2, 0) is 0 Å². The maximum atomic E-state index is 12.8. The third kappa shape index (κ3) is 4.72. The van der Waals surface area contributed by atoms with Crippen molar-refractivity contribution in [3.05, 3.63) is 47.9 Å². The van der Waals surface area contributed by atoms with Crippen molar-refractivity contribution in [2.45, 2.75) is 38.8 Å². The summed E-state index contributed by atoms with van der Waals surface area (Å²) >= 11 is 0. The SMILES string of the molecule is Cc1cc(Nc2nccc(C(F)F)n2)cc(-c2cn([C@H](C)[C@](C)(O)CO)nn2)c1. The van der Waals surface area contributed by atoms with Crippen molar-refractivity contribution in [1.29, 1.82) is 0 Å². The molecule has 0 unspecified atom stereocenters. The van der Waals surface area contributed by atoms with Crippen molar-refractivity contribution < 1.29 is 19.0 Å². The van der Waals surface area contributed by atoms with Gasteiger partial charge in [-0.3, -0.25) is 0 Å². The van der Waals surface area contributed by atoms with Gasteiger partial charge in [0.2, 0.25) is 5.95 Å². The molecule has 8 nitrogen and oxygen atoms in total. The number of alkyl halides is 2. The van der Waals surface area contributed by atoms with Gasteiger partial charge in [-0.05, 0) is 50.6 Å². The highest BCUT2D eigenvalue weighted by Crippen LogP contribution is 2.27. The molecule has 3 rings (SSSR count). The Morgan fingerprint density at radius 1 is 1.28 bits per heavy atom. The van der Waals surface area contributed by atoms with Gasteiger partial charge in [-0.2, -0.15) is 0 Å². The number of aliphatic hydroxyl groups is 2. The van der Waals surface area contributed by atoms with E-state index in [4.69, 9.17) is 0 Å². The minimum absolute atomic E-state index is 0.0654. The Balaban J connectivity index is 1.87. The highest BCUT2D eigenvalue weighted by Gasteiger charge is 2.30. The van der Waals surface area contributed by atoms with Gasteiger partial charge in [-0.1, -0.05) is 5.21 Å². The van der Waals surface area contributed by atoms with Gasteiger partial charge in [0, 0.05) is 17.4 Å². The van der Waals surface area contributed by atoms with Gasteiger partial charge in [-0.25, -0.2) is 23.4 Å². The van der Waals surface area contributed by atoms with E-state index in [1.807, 2.05) is 19.1 Å². The summed E-state index contributed by atoms with van der Waals surface area (Å²) in [6.07, 6.45) is 0.259. The molecule has 0 saturated carbocycles. The molecule has 0 aliphatic carbocycles. The van der Waals surface area contributed by atoms with Gasteiger partial charge in [0.1, 0.15) is 17.0 Å². The predicted octanol–water partition coefficient (Wildman–Crippen LogP) is 3.03. The van der Waals surface area contributed by atoms with E-state index in [-0.39, 0.29) is 11.6 Å². The smallest absolute Gasteiger partial charge is 0.280 e. The summed E-state index contributed by atoms with van der Waals surface area (Å²) in [5, 5.41) is 30.7. The van der Waals surface area contributed by atoms with Gasteiger partial charge in [0.25, 0.3) is 6.43 Å². The van der Waals surface area contributed by atoms with E-state index in [1.54, 1.807) is 19.2 Å². The molecule has 0 saturated heterocycles. The molecule has 2 heterocycles. The molecule has 0 fully saturated rings. The number of benzene rings is 1. The van der Waals surface area contributed by atoms with Gasteiger partial charge >= 0.3 is 0 Å². The van der Waals surface area contributed by atoms with Crippen LogP contribution in [0.4, 0.5) is 20.4 Å². The van der Waals surface area contributed by atoms with Gasteiger partial charge in [0.15, 0.2) is 0 Å². The van der Waals surface area contributed by atoms with E-state index in [2.05, 4.69) is 25.6 Å². The van der Waals surface area contributed by atoms with Crippen LogP contribution in [0.25, 0.3) is 11.3 Å². The number of aryl methyl sites for hydroxylation is 1. The number of halogens is 2. The van der Waals surface area contributed by atoms with Crippen molar-refractivity contribution in [2.75, 3.05) is 11.9 Å². The molecule has 29 heavy (non-hydrogen) atoms. The number of rotatable bonds is 7. The van der Waals surface area contributed by atoms with Crippen LogP contribution in [0.3, 0.4) is 0 Å². The molecule has 0 amide bonds. The fourth-order valence-corrected chi connectivity index (χ4v) is 2.70. The first-order chi connectivity index (χ1) is 13.7. The standard InChI is InChI=1S/C19H22F2N6O2/c1-11-6-13(16-9-27(26-25-16)12(2)19(3,29)10-28)8-14(7-11)23-18-22-5-4-15(24-18)17(20)21/h4-9,12,17,28-29H,10H2,1-3H3,(H,22,23,24)/t12-,19-/m1/s1. The first kappa shape index (κ1) is 20.7. The normalized spacial score (nSPS) is 14.6. The van der Waals surface area contributed by atoms with Crippen LogP contribution >= 0.6 is 0 Å². The predicted molar refractivity (Wildman–Crippen MR) is 103 cm³/mol. The minimum atomic E-state index is -2.68. The summed E-state index contributed by atoms with van der Waals surface area (Å²) in [5.41, 5.74) is 1.09. The molecule has 1 aromatic carbocycles. The van der Waals surface area contributed by atoms with Crippen LogP contribution in [-0.4, -0.2) is 47.4 Å². The van der Waals surface area contributed by atoms with Crippen LogP contribution in [0.15, 0.2) is 36.7 Å². The summed E-state index contributed by atoms with van der Waals surface area (Å²) in [6.45, 7) is 4.71. The number of nitrogens with zero attached hydrogens (tertiary/aromatic N) is 5. The van der Waals surface area contributed by atoms with Crippen molar-refractivity contribution in [3.8, 4) is 11.3 Å². The molecule has 3 aromatic rings. The zero-order chi connectivity index (χ0) is 21.2. The molecular formula is C19H22F2N6O2. The first-order valence-corrected chi connectivity index (χ1v) is 8.95. The van der Waals surface area contributed by atoms with Gasteiger partial charge in [-0.15, -0.1) is 5.10 Å². The number of hydrogen-bond acceptors (Lipinski definition) is 7. The topological polar surface area (TPSA) is 109 Å². The lowest BCUT2D eigenvalue weighted by Gasteiger charge is -2.27. The number of aromatic nitrogens is 5. The lowest BCUT2D eigenvalue weighted by molar-refractivity contribution is -0.0393. The molecular weight excluding hydrogens is 382 g/mol. The largest absolute Gasteiger partial charge is 0.393 e. The highest BCUT2D eigenvalue weighted by atomic mass is 19.3. The lowest BCUT2D eigenvalue weighted by Crippen LogP contribution is -2.38. The van der Waals surface area contributed by atoms with Crippen molar-refractivity contribution in [2.24, 2.45) is 0 Å². The second kappa shape index (κ2) is 8.18. The summed E-state index contributed by atoms with van der Waals surface area (Å²) in [6, 6.07) is 6.16. The fourth-order valence-electron chi connectivity index (χ4n) is 2.70. The van der Waals surface area contributed by atoms with Crippen LogP contribution in [0.1, 0.15) is 37.6 Å². The Morgan fingerprint density at radius 2 is 2.03 bits per heavy atom. The average Bonchev–Trinajstić information content (AvgIpc) is 3.17. The molecule has 10 heteroatoms. The van der Waals surface area contributed by atoms with Crippen LogP contribution < -0.4 is 5.32 Å². The monoisotopic (exact) mass is 404 g/mol. The molecule has 2 atom stereocenters. The van der Waals surface area contributed by atoms with E-state index >= 15 is 0 Å². The summed E-state index contributed by atoms with van der Waals surface area (Å²) < 4.78 is 27.2. The molecule has 0 bridgehead atoms. The Bertz CT molecular complexity index is 992. The number of nitrogens with one attached hydrogen (secondary N) is 1. The second-order valence-corrected chi connectivity index (χ2v) is 7.09. The van der Waals surface area contributed by atoms with Crippen LogP contribution in [0, 0.1) is 6.92 Å². The van der Waals surface area contributed by atoms with Crippen molar-refractivity contribution in [1.82, 2.24) is 25.0 Å². The summed E-state index contributed by atoms with van der Waals surface area (Å²) in [7, 11) is 0. The maximum absolute atomic E-state index is 12.8. The summed E-state index contributed by atoms with van der Waals surface area (Å²) in [5.74, 6) is 0.0654. The van der Waals surface area contributed by atoms with Crippen molar-refractivity contribution in [3.63, 3.8) is 0 Å². The van der Waals surface area contributed by atoms with E-state index in [1.165, 1.54) is 17.8 Å². The highest BCUT2D eigenvalue weighted by molar-refractivity contribution is 5.68. The third-order valence-electron chi connectivity index (χ3n) is 4.66.